The Kier molecular flexibility index (Phi) is 4.47. The highest BCUT2D eigenvalue weighted by Gasteiger charge is 2.15. The van der Waals surface area contributed by atoms with Gasteiger partial charge in [0.25, 0.3) is 0 Å². The van der Waals surface area contributed by atoms with Gasteiger partial charge in [0.05, 0.1) is 10.9 Å². The number of hydrogen-bond acceptors (Lipinski definition) is 4. The molecule has 140 valence electrons. The highest BCUT2D eigenvalue weighted by molar-refractivity contribution is 5.85. The molecule has 4 heteroatoms. The van der Waals surface area contributed by atoms with E-state index in [9.17, 15) is 5.11 Å². The monoisotopic (exact) mass is 370 g/mol. The molecule has 0 unspecified atom stereocenters. The van der Waals surface area contributed by atoms with Crippen LogP contribution in [0.2, 0.25) is 0 Å². The van der Waals surface area contributed by atoms with E-state index in [1.54, 1.807) is 24.3 Å². The molecule has 0 fully saturated rings. The maximum absolute atomic E-state index is 9.49. The van der Waals surface area contributed by atoms with Crippen molar-refractivity contribution in [3.8, 4) is 28.8 Å². The van der Waals surface area contributed by atoms with Crippen molar-refractivity contribution >= 4 is 10.9 Å². The number of ether oxygens (including phenoxy) is 1. The van der Waals surface area contributed by atoms with Crippen molar-refractivity contribution < 1.29 is 9.84 Å². The van der Waals surface area contributed by atoms with Crippen LogP contribution < -0.4 is 4.74 Å². The molecule has 1 heterocycles. The van der Waals surface area contributed by atoms with E-state index < -0.39 is 0 Å². The molecule has 4 aromatic rings. The summed E-state index contributed by atoms with van der Waals surface area (Å²) in [4.78, 5) is 9.41. The molecule has 3 aromatic carbocycles. The maximum atomic E-state index is 9.49. The molecule has 0 aliphatic heterocycles. The van der Waals surface area contributed by atoms with E-state index in [1.165, 1.54) is 5.56 Å². The van der Waals surface area contributed by atoms with Crippen LogP contribution in [0.25, 0.3) is 22.3 Å². The van der Waals surface area contributed by atoms with Crippen molar-refractivity contribution in [1.29, 1.82) is 0 Å². The lowest BCUT2D eigenvalue weighted by atomic mass is 9.87. The number of phenolic OH excluding ortho intramolecular Hbond substituents is 1. The molecule has 4 nitrogen and oxygen atoms in total. The van der Waals surface area contributed by atoms with Crippen molar-refractivity contribution in [3.05, 3.63) is 78.4 Å². The number of aromatic nitrogens is 2. The topological polar surface area (TPSA) is 55.2 Å². The summed E-state index contributed by atoms with van der Waals surface area (Å²) in [7, 11) is 0. The van der Waals surface area contributed by atoms with Crippen LogP contribution in [0.4, 0.5) is 0 Å². The van der Waals surface area contributed by atoms with Crippen LogP contribution in [-0.4, -0.2) is 15.1 Å². The van der Waals surface area contributed by atoms with Gasteiger partial charge in [-0.05, 0) is 47.4 Å². The standard InChI is InChI=1S/C24H22N2O2/c1-24(2,3)17-10-8-16(9-11-17)22-25-21-7-5-4-6-20(21)23(26-22)28-19-14-12-18(27)13-15-19/h4-15,27H,1-3H3. The molecule has 28 heavy (non-hydrogen) atoms. The Morgan fingerprint density at radius 2 is 1.46 bits per heavy atom. The van der Waals surface area contributed by atoms with Gasteiger partial charge >= 0.3 is 0 Å². The Bertz CT molecular complexity index is 1110. The fourth-order valence-electron chi connectivity index (χ4n) is 3.00. The molecule has 0 aliphatic rings. The predicted octanol–water partition coefficient (Wildman–Crippen LogP) is 6.09. The first-order valence-corrected chi connectivity index (χ1v) is 9.25. The average molecular weight is 370 g/mol. The first-order chi connectivity index (χ1) is 13.4. The van der Waals surface area contributed by atoms with E-state index in [1.807, 2.05) is 24.3 Å². The Hall–Kier alpha value is -3.40. The lowest BCUT2D eigenvalue weighted by Gasteiger charge is -2.19. The Labute approximate surface area is 164 Å². The largest absolute Gasteiger partial charge is 0.508 e. The third-order valence-electron chi connectivity index (χ3n) is 4.63. The van der Waals surface area contributed by atoms with Crippen LogP contribution in [0.1, 0.15) is 26.3 Å². The van der Waals surface area contributed by atoms with Gasteiger partial charge in [-0.25, -0.2) is 4.98 Å². The van der Waals surface area contributed by atoms with Gasteiger partial charge in [0, 0.05) is 5.56 Å². The summed E-state index contributed by atoms with van der Waals surface area (Å²) in [6, 6.07) is 22.7. The van der Waals surface area contributed by atoms with Crippen molar-refractivity contribution in [2.45, 2.75) is 26.2 Å². The quantitative estimate of drug-likeness (QED) is 0.474. The van der Waals surface area contributed by atoms with Crippen LogP contribution >= 0.6 is 0 Å². The minimum Gasteiger partial charge on any atom is -0.508 e. The molecule has 0 saturated heterocycles. The number of fused-ring (bicyclic) bond motifs is 1. The van der Waals surface area contributed by atoms with E-state index in [0.29, 0.717) is 17.5 Å². The van der Waals surface area contributed by atoms with Crippen molar-refractivity contribution in [2.24, 2.45) is 0 Å². The van der Waals surface area contributed by atoms with Gasteiger partial charge in [-0.2, -0.15) is 4.98 Å². The van der Waals surface area contributed by atoms with Gasteiger partial charge in [0.1, 0.15) is 11.5 Å². The molecule has 0 saturated carbocycles. The van der Waals surface area contributed by atoms with E-state index in [4.69, 9.17) is 9.72 Å². The minimum atomic E-state index is 0.0932. The summed E-state index contributed by atoms with van der Waals surface area (Å²) in [5.74, 6) is 1.91. The lowest BCUT2D eigenvalue weighted by molar-refractivity contribution is 0.458. The van der Waals surface area contributed by atoms with Gasteiger partial charge in [-0.3, -0.25) is 0 Å². The maximum Gasteiger partial charge on any atom is 0.230 e. The van der Waals surface area contributed by atoms with Crippen molar-refractivity contribution in [3.63, 3.8) is 0 Å². The molecular formula is C24H22N2O2. The molecular weight excluding hydrogens is 348 g/mol. The third-order valence-corrected chi connectivity index (χ3v) is 4.63. The molecule has 0 radical (unpaired) electrons. The SMILES string of the molecule is CC(C)(C)c1ccc(-c2nc(Oc3ccc(O)cc3)c3ccccc3n2)cc1. The van der Waals surface area contributed by atoms with Crippen LogP contribution in [0.5, 0.6) is 17.4 Å². The average Bonchev–Trinajstić information content (AvgIpc) is 2.69. The second-order valence-corrected chi connectivity index (χ2v) is 7.79. The van der Waals surface area contributed by atoms with Crippen LogP contribution in [0, 0.1) is 0 Å². The second-order valence-electron chi connectivity index (χ2n) is 7.79. The predicted molar refractivity (Wildman–Crippen MR) is 112 cm³/mol. The fourth-order valence-corrected chi connectivity index (χ4v) is 3.00. The Morgan fingerprint density at radius 3 is 2.14 bits per heavy atom. The van der Waals surface area contributed by atoms with Gasteiger partial charge in [-0.15, -0.1) is 0 Å². The Balaban J connectivity index is 1.78. The van der Waals surface area contributed by atoms with Gasteiger partial charge in [-0.1, -0.05) is 57.2 Å². The summed E-state index contributed by atoms with van der Waals surface area (Å²) in [5, 5.41) is 10.3. The first kappa shape index (κ1) is 18.0. The zero-order valence-corrected chi connectivity index (χ0v) is 16.2. The summed E-state index contributed by atoms with van der Waals surface area (Å²) < 4.78 is 6.02. The molecule has 0 bridgehead atoms. The van der Waals surface area contributed by atoms with Crippen molar-refractivity contribution in [1.82, 2.24) is 9.97 Å². The van der Waals surface area contributed by atoms with E-state index in [2.05, 4.69) is 50.0 Å². The highest BCUT2D eigenvalue weighted by atomic mass is 16.5. The van der Waals surface area contributed by atoms with E-state index in [-0.39, 0.29) is 11.2 Å². The molecule has 0 spiro atoms. The Morgan fingerprint density at radius 1 is 0.786 bits per heavy atom. The van der Waals surface area contributed by atoms with Crippen molar-refractivity contribution in [2.75, 3.05) is 0 Å². The number of nitrogens with zero attached hydrogens (tertiary/aromatic N) is 2. The zero-order valence-electron chi connectivity index (χ0n) is 16.2. The summed E-state index contributed by atoms with van der Waals surface area (Å²) >= 11 is 0. The number of benzene rings is 3. The van der Waals surface area contributed by atoms with Crippen LogP contribution in [0.15, 0.2) is 72.8 Å². The first-order valence-electron chi connectivity index (χ1n) is 9.25. The van der Waals surface area contributed by atoms with Gasteiger partial charge in [0.15, 0.2) is 5.82 Å². The third kappa shape index (κ3) is 3.67. The number of aromatic hydroxyl groups is 1. The fraction of sp³-hybridized carbons (Fsp3) is 0.167. The molecule has 4 rings (SSSR count). The number of para-hydroxylation sites is 1. The highest BCUT2D eigenvalue weighted by Crippen LogP contribution is 2.31. The van der Waals surface area contributed by atoms with Crippen LogP contribution in [0.3, 0.4) is 0 Å². The van der Waals surface area contributed by atoms with E-state index in [0.717, 1.165) is 16.5 Å². The zero-order chi connectivity index (χ0) is 19.7. The number of rotatable bonds is 3. The molecule has 0 amide bonds. The molecule has 1 N–H and O–H groups in total. The minimum absolute atomic E-state index is 0.0932. The van der Waals surface area contributed by atoms with E-state index >= 15 is 0 Å². The summed E-state index contributed by atoms with van der Waals surface area (Å²) in [6.45, 7) is 6.58. The van der Waals surface area contributed by atoms with Gasteiger partial charge < -0.3 is 9.84 Å². The molecule has 0 aliphatic carbocycles. The molecule has 1 aromatic heterocycles. The van der Waals surface area contributed by atoms with Gasteiger partial charge in [0.2, 0.25) is 5.88 Å². The lowest BCUT2D eigenvalue weighted by Crippen LogP contribution is -2.10. The normalized spacial score (nSPS) is 11.5. The smallest absolute Gasteiger partial charge is 0.230 e. The molecule has 0 atom stereocenters. The number of hydrogen-bond donors (Lipinski definition) is 1. The summed E-state index contributed by atoms with van der Waals surface area (Å²) in [6.07, 6.45) is 0. The second kappa shape index (κ2) is 6.97. The summed E-state index contributed by atoms with van der Waals surface area (Å²) in [5.41, 5.74) is 3.11. The van der Waals surface area contributed by atoms with Crippen LogP contribution in [-0.2, 0) is 5.41 Å². The number of phenols is 1.